The molecule has 0 aliphatic carbocycles. The Bertz CT molecular complexity index is 440. The molecule has 17 heavy (non-hydrogen) atoms. The van der Waals surface area contributed by atoms with Crippen molar-refractivity contribution in [3.05, 3.63) is 30.2 Å². The number of hydrogen-bond acceptors (Lipinski definition) is 4. The number of rotatable bonds is 3. The third kappa shape index (κ3) is 2.71. The Labute approximate surface area is 102 Å². The lowest BCUT2D eigenvalue weighted by molar-refractivity contribution is -0.146. The number of nitrogens with zero attached hydrogens (tertiary/aromatic N) is 1. The lowest BCUT2D eigenvalue weighted by atomic mass is 10.3. The first-order valence-corrected chi connectivity index (χ1v) is 6.16. The van der Waals surface area contributed by atoms with Crippen molar-refractivity contribution < 1.29 is 19.1 Å². The lowest BCUT2D eigenvalue weighted by Gasteiger charge is -2.18. The van der Waals surface area contributed by atoms with Crippen molar-refractivity contribution in [3.63, 3.8) is 0 Å². The predicted octanol–water partition coefficient (Wildman–Crippen LogP) is 1.28. The summed E-state index contributed by atoms with van der Waals surface area (Å²) in [6.45, 7) is 0. The molecular formula is C11H11NO4S. The van der Waals surface area contributed by atoms with E-state index in [4.69, 9.17) is 9.52 Å². The molecule has 1 atom stereocenters. The van der Waals surface area contributed by atoms with Crippen molar-refractivity contribution in [2.45, 2.75) is 6.04 Å². The molecule has 1 aromatic heterocycles. The van der Waals surface area contributed by atoms with Crippen molar-refractivity contribution in [1.82, 2.24) is 4.90 Å². The van der Waals surface area contributed by atoms with Crippen molar-refractivity contribution in [1.29, 1.82) is 0 Å². The topological polar surface area (TPSA) is 70.8 Å². The number of carboxylic acid groups (broad SMARTS) is 1. The molecule has 0 spiro atoms. The number of aliphatic carboxylic acids is 1. The summed E-state index contributed by atoms with van der Waals surface area (Å²) in [7, 11) is 0. The SMILES string of the molecule is O=C(O)C1CSCN1C(=O)/C=C/c1ccco1. The van der Waals surface area contributed by atoms with Crippen LogP contribution < -0.4 is 0 Å². The van der Waals surface area contributed by atoms with Gasteiger partial charge in [0.1, 0.15) is 11.8 Å². The zero-order valence-electron chi connectivity index (χ0n) is 8.91. The van der Waals surface area contributed by atoms with E-state index in [2.05, 4.69) is 0 Å². The first-order chi connectivity index (χ1) is 8.18. The van der Waals surface area contributed by atoms with Crippen molar-refractivity contribution >= 4 is 29.7 Å². The van der Waals surface area contributed by atoms with Crippen LogP contribution in [0.25, 0.3) is 6.08 Å². The van der Waals surface area contributed by atoms with Gasteiger partial charge in [-0.1, -0.05) is 0 Å². The summed E-state index contributed by atoms with van der Waals surface area (Å²) in [6.07, 6.45) is 4.38. The molecule has 0 aromatic carbocycles. The van der Waals surface area contributed by atoms with Crippen molar-refractivity contribution in [2.75, 3.05) is 11.6 Å². The molecule has 1 unspecified atom stereocenters. The Kier molecular flexibility index (Phi) is 3.53. The van der Waals surface area contributed by atoms with Crippen molar-refractivity contribution in [2.24, 2.45) is 0 Å². The predicted molar refractivity (Wildman–Crippen MR) is 63.3 cm³/mol. The quantitative estimate of drug-likeness (QED) is 0.822. The second-order valence-corrected chi connectivity index (χ2v) is 4.51. The number of thioether (sulfide) groups is 1. The average Bonchev–Trinajstić information content (AvgIpc) is 2.96. The third-order valence-corrected chi connectivity index (χ3v) is 3.40. The number of hydrogen-bond donors (Lipinski definition) is 1. The van der Waals surface area contributed by atoms with Crippen LogP contribution in [0.5, 0.6) is 0 Å². The third-order valence-electron chi connectivity index (χ3n) is 2.38. The molecule has 5 nitrogen and oxygen atoms in total. The van der Waals surface area contributed by atoms with Gasteiger partial charge in [0, 0.05) is 11.8 Å². The molecule has 1 fully saturated rings. The van der Waals surface area contributed by atoms with E-state index in [1.807, 2.05) is 0 Å². The molecule has 6 heteroatoms. The lowest BCUT2D eigenvalue weighted by Crippen LogP contribution is -2.40. The van der Waals surface area contributed by atoms with Crippen LogP contribution in [0.4, 0.5) is 0 Å². The van der Waals surface area contributed by atoms with Crippen LogP contribution in [-0.2, 0) is 9.59 Å². The van der Waals surface area contributed by atoms with E-state index < -0.39 is 12.0 Å². The molecule has 1 saturated heterocycles. The van der Waals surface area contributed by atoms with Gasteiger partial charge >= 0.3 is 5.97 Å². The highest BCUT2D eigenvalue weighted by Crippen LogP contribution is 2.21. The summed E-state index contributed by atoms with van der Waals surface area (Å²) in [5, 5.41) is 8.93. The molecule has 0 saturated carbocycles. The molecule has 2 rings (SSSR count). The zero-order chi connectivity index (χ0) is 12.3. The highest BCUT2D eigenvalue weighted by Gasteiger charge is 2.33. The molecule has 1 N–H and O–H groups in total. The van der Waals surface area contributed by atoms with E-state index in [1.165, 1.54) is 35.1 Å². The van der Waals surface area contributed by atoms with Crippen LogP contribution in [0.2, 0.25) is 0 Å². The van der Waals surface area contributed by atoms with Gasteiger partial charge in [-0.3, -0.25) is 4.79 Å². The summed E-state index contributed by atoms with van der Waals surface area (Å²) in [5.74, 6) is 0.152. The maximum absolute atomic E-state index is 11.8. The normalized spacial score (nSPS) is 20.0. The van der Waals surface area contributed by atoms with Crippen LogP contribution in [0, 0.1) is 0 Å². The summed E-state index contributed by atoms with van der Waals surface area (Å²) in [4.78, 5) is 24.0. The maximum Gasteiger partial charge on any atom is 0.327 e. The van der Waals surface area contributed by atoms with E-state index in [0.29, 0.717) is 17.4 Å². The molecule has 1 aromatic rings. The first-order valence-electron chi connectivity index (χ1n) is 5.01. The largest absolute Gasteiger partial charge is 0.480 e. The highest BCUT2D eigenvalue weighted by atomic mass is 32.2. The minimum atomic E-state index is -0.963. The maximum atomic E-state index is 11.8. The van der Waals surface area contributed by atoms with E-state index in [1.54, 1.807) is 12.1 Å². The number of amides is 1. The van der Waals surface area contributed by atoms with Crippen molar-refractivity contribution in [3.8, 4) is 0 Å². The van der Waals surface area contributed by atoms with Crippen LogP contribution >= 0.6 is 11.8 Å². The van der Waals surface area contributed by atoms with Gasteiger partial charge in [0.15, 0.2) is 0 Å². The molecule has 1 aliphatic heterocycles. The van der Waals surface area contributed by atoms with Gasteiger partial charge in [-0.05, 0) is 18.2 Å². The fourth-order valence-electron chi connectivity index (χ4n) is 1.50. The molecule has 90 valence electrons. The molecule has 0 radical (unpaired) electrons. The number of carboxylic acids is 1. The Morgan fingerprint density at radius 2 is 2.41 bits per heavy atom. The fraction of sp³-hybridized carbons (Fsp3) is 0.273. The second-order valence-electron chi connectivity index (χ2n) is 3.51. The summed E-state index contributed by atoms with van der Waals surface area (Å²) in [5.41, 5.74) is 0. The van der Waals surface area contributed by atoms with E-state index in [9.17, 15) is 9.59 Å². The molecular weight excluding hydrogens is 242 g/mol. The fourth-order valence-corrected chi connectivity index (χ4v) is 2.65. The standard InChI is InChI=1S/C11H11NO4S/c13-10(4-3-8-2-1-5-16-8)12-7-17-6-9(12)11(14)15/h1-5,9H,6-7H2,(H,14,15)/b4-3+. The molecule has 2 heterocycles. The number of furan rings is 1. The summed E-state index contributed by atoms with van der Waals surface area (Å²) in [6, 6.07) is 2.71. The summed E-state index contributed by atoms with van der Waals surface area (Å²) < 4.78 is 5.04. The first kappa shape index (κ1) is 11.8. The molecule has 1 aliphatic rings. The smallest absolute Gasteiger partial charge is 0.327 e. The monoisotopic (exact) mass is 253 g/mol. The Morgan fingerprint density at radius 1 is 1.59 bits per heavy atom. The van der Waals surface area contributed by atoms with Gasteiger partial charge in [-0.15, -0.1) is 11.8 Å². The summed E-state index contributed by atoms with van der Waals surface area (Å²) >= 11 is 1.44. The van der Waals surface area contributed by atoms with Gasteiger partial charge in [0.2, 0.25) is 5.91 Å². The van der Waals surface area contributed by atoms with Crippen LogP contribution in [-0.4, -0.2) is 39.6 Å². The molecule has 0 bridgehead atoms. The van der Waals surface area contributed by atoms with E-state index in [0.717, 1.165) is 0 Å². The average molecular weight is 253 g/mol. The Balaban J connectivity index is 2.02. The highest BCUT2D eigenvalue weighted by molar-refractivity contribution is 7.99. The van der Waals surface area contributed by atoms with Gasteiger partial charge in [0.25, 0.3) is 0 Å². The minimum Gasteiger partial charge on any atom is -0.480 e. The number of carbonyl (C=O) groups is 2. The van der Waals surface area contributed by atoms with Crippen LogP contribution in [0.1, 0.15) is 5.76 Å². The van der Waals surface area contributed by atoms with Crippen LogP contribution in [0.3, 0.4) is 0 Å². The van der Waals surface area contributed by atoms with Gasteiger partial charge in [0.05, 0.1) is 12.1 Å². The van der Waals surface area contributed by atoms with E-state index >= 15 is 0 Å². The Morgan fingerprint density at radius 3 is 3.06 bits per heavy atom. The second kappa shape index (κ2) is 5.09. The van der Waals surface area contributed by atoms with E-state index in [-0.39, 0.29) is 5.91 Å². The van der Waals surface area contributed by atoms with Crippen LogP contribution in [0.15, 0.2) is 28.9 Å². The van der Waals surface area contributed by atoms with Gasteiger partial charge < -0.3 is 14.4 Å². The Hall–Kier alpha value is -1.69. The minimum absolute atomic E-state index is 0.307. The van der Waals surface area contributed by atoms with Gasteiger partial charge in [-0.2, -0.15) is 0 Å². The van der Waals surface area contributed by atoms with Gasteiger partial charge in [-0.25, -0.2) is 4.79 Å². The zero-order valence-corrected chi connectivity index (χ0v) is 9.72. The molecule has 1 amide bonds. The number of carbonyl (C=O) groups excluding carboxylic acids is 1.